The van der Waals surface area contributed by atoms with Gasteiger partial charge in [-0.2, -0.15) is 0 Å². The van der Waals surface area contributed by atoms with Crippen molar-refractivity contribution in [2.24, 2.45) is 11.8 Å². The van der Waals surface area contributed by atoms with Gasteiger partial charge in [0.1, 0.15) is 5.82 Å². The molecule has 1 saturated carbocycles. The second kappa shape index (κ2) is 7.59. The predicted molar refractivity (Wildman–Crippen MR) is 89.0 cm³/mol. The Labute approximate surface area is 145 Å². The molecule has 1 aliphatic rings. The van der Waals surface area contributed by atoms with E-state index in [-0.39, 0.29) is 30.0 Å². The van der Waals surface area contributed by atoms with E-state index >= 15 is 0 Å². The number of carbonyl (C=O) groups is 1. The van der Waals surface area contributed by atoms with E-state index in [9.17, 15) is 13.6 Å². The van der Waals surface area contributed by atoms with Gasteiger partial charge in [-0.1, -0.05) is 19.4 Å². The van der Waals surface area contributed by atoms with Crippen molar-refractivity contribution in [1.82, 2.24) is 10.3 Å². The maximum absolute atomic E-state index is 13.7. The molecule has 1 fully saturated rings. The molecule has 0 aliphatic heterocycles. The fourth-order valence-electron chi connectivity index (χ4n) is 2.88. The van der Waals surface area contributed by atoms with Gasteiger partial charge in [-0.3, -0.25) is 4.79 Å². The number of rotatable bonds is 7. The number of benzene rings is 1. The van der Waals surface area contributed by atoms with Gasteiger partial charge in [0.2, 0.25) is 11.8 Å². The van der Waals surface area contributed by atoms with Crippen LogP contribution in [-0.4, -0.2) is 10.9 Å². The van der Waals surface area contributed by atoms with Crippen LogP contribution in [0.2, 0.25) is 0 Å². The molecule has 2 atom stereocenters. The normalized spacial score (nSPS) is 18.7. The number of nitrogens with zero attached hydrogens (tertiary/aromatic N) is 1. The molecular formula is C19H20F2N2O2. The average Bonchev–Trinajstić information content (AvgIpc) is 3.36. The van der Waals surface area contributed by atoms with E-state index in [1.165, 1.54) is 12.3 Å². The van der Waals surface area contributed by atoms with Crippen LogP contribution in [0.15, 0.2) is 36.5 Å². The first-order valence-corrected chi connectivity index (χ1v) is 8.43. The van der Waals surface area contributed by atoms with Crippen LogP contribution in [0.4, 0.5) is 8.78 Å². The van der Waals surface area contributed by atoms with Gasteiger partial charge in [-0.05, 0) is 37.0 Å². The first kappa shape index (κ1) is 17.3. The molecule has 0 radical (unpaired) electrons. The highest BCUT2D eigenvalue weighted by Gasteiger charge is 2.41. The number of carbonyl (C=O) groups excluding carboxylic acids is 1. The Balaban J connectivity index is 1.64. The van der Waals surface area contributed by atoms with Crippen molar-refractivity contribution in [1.29, 1.82) is 0 Å². The van der Waals surface area contributed by atoms with Crippen LogP contribution < -0.4 is 10.1 Å². The minimum atomic E-state index is -0.805. The van der Waals surface area contributed by atoms with Crippen molar-refractivity contribution in [3.05, 3.63) is 53.7 Å². The van der Waals surface area contributed by atoms with E-state index in [1.807, 2.05) is 0 Å². The molecule has 0 saturated heterocycles. The van der Waals surface area contributed by atoms with Crippen molar-refractivity contribution >= 4 is 5.91 Å². The number of amides is 1. The molecule has 4 nitrogen and oxygen atoms in total. The summed E-state index contributed by atoms with van der Waals surface area (Å²) in [6.45, 7) is 2.36. The lowest BCUT2D eigenvalue weighted by atomic mass is 10.2. The third kappa shape index (κ3) is 4.32. The van der Waals surface area contributed by atoms with Crippen molar-refractivity contribution in [2.45, 2.75) is 32.7 Å². The smallest absolute Gasteiger partial charge is 0.224 e. The maximum atomic E-state index is 13.7. The molecule has 2 aromatic rings. The molecule has 3 rings (SSSR count). The van der Waals surface area contributed by atoms with Gasteiger partial charge in [-0.15, -0.1) is 0 Å². The van der Waals surface area contributed by atoms with Crippen molar-refractivity contribution in [2.75, 3.05) is 0 Å². The lowest BCUT2D eigenvalue weighted by Gasteiger charge is -2.11. The Morgan fingerprint density at radius 2 is 2.20 bits per heavy atom. The summed E-state index contributed by atoms with van der Waals surface area (Å²) in [5, 5.41) is 2.89. The summed E-state index contributed by atoms with van der Waals surface area (Å²) in [6, 6.07) is 6.54. The van der Waals surface area contributed by atoms with E-state index in [4.69, 9.17) is 4.74 Å². The zero-order valence-corrected chi connectivity index (χ0v) is 14.0. The summed E-state index contributed by atoms with van der Waals surface area (Å²) < 4.78 is 32.2. The van der Waals surface area contributed by atoms with Gasteiger partial charge in [0.25, 0.3) is 0 Å². The summed E-state index contributed by atoms with van der Waals surface area (Å²) in [6.07, 6.45) is 4.61. The van der Waals surface area contributed by atoms with Crippen molar-refractivity contribution in [3.63, 3.8) is 0 Å². The molecule has 1 amide bonds. The summed E-state index contributed by atoms with van der Waals surface area (Å²) in [5.41, 5.74) is 0.632. The molecular weight excluding hydrogens is 326 g/mol. The highest BCUT2D eigenvalue weighted by atomic mass is 19.1. The summed E-state index contributed by atoms with van der Waals surface area (Å²) in [4.78, 5) is 16.2. The van der Waals surface area contributed by atoms with Crippen LogP contribution in [0, 0.1) is 23.5 Å². The molecule has 6 heteroatoms. The van der Waals surface area contributed by atoms with E-state index < -0.39 is 11.6 Å². The SMILES string of the molecule is CCC[C@H]1C[C@H]1C(=O)NCc1cccnc1Oc1ccc(F)cc1F. The third-order valence-corrected chi connectivity index (χ3v) is 4.32. The highest BCUT2D eigenvalue weighted by molar-refractivity contribution is 5.81. The maximum Gasteiger partial charge on any atom is 0.224 e. The average molecular weight is 346 g/mol. The molecule has 0 unspecified atom stereocenters. The van der Waals surface area contributed by atoms with Crippen LogP contribution in [0.1, 0.15) is 31.7 Å². The van der Waals surface area contributed by atoms with E-state index in [1.54, 1.807) is 12.1 Å². The molecule has 1 aliphatic carbocycles. The van der Waals surface area contributed by atoms with Crippen LogP contribution in [0.3, 0.4) is 0 Å². The lowest BCUT2D eigenvalue weighted by molar-refractivity contribution is -0.122. The second-order valence-corrected chi connectivity index (χ2v) is 6.25. The number of aromatic nitrogens is 1. The van der Waals surface area contributed by atoms with Gasteiger partial charge in [0.15, 0.2) is 11.6 Å². The first-order valence-electron chi connectivity index (χ1n) is 8.43. The van der Waals surface area contributed by atoms with E-state index in [2.05, 4.69) is 17.2 Å². The van der Waals surface area contributed by atoms with Gasteiger partial charge in [-0.25, -0.2) is 13.8 Å². The van der Waals surface area contributed by atoms with Gasteiger partial charge >= 0.3 is 0 Å². The minimum absolute atomic E-state index is 0.0289. The quantitative estimate of drug-likeness (QED) is 0.817. The van der Waals surface area contributed by atoms with Gasteiger partial charge < -0.3 is 10.1 Å². The van der Waals surface area contributed by atoms with Crippen LogP contribution >= 0.6 is 0 Å². The lowest BCUT2D eigenvalue weighted by Crippen LogP contribution is -2.25. The number of halogens is 2. The zero-order valence-electron chi connectivity index (χ0n) is 14.0. The topological polar surface area (TPSA) is 51.2 Å². The minimum Gasteiger partial charge on any atom is -0.436 e. The summed E-state index contributed by atoms with van der Waals surface area (Å²) in [7, 11) is 0. The number of hydrogen-bond acceptors (Lipinski definition) is 3. The predicted octanol–water partition coefficient (Wildman–Crippen LogP) is 4.20. The Morgan fingerprint density at radius 1 is 1.36 bits per heavy atom. The summed E-state index contributed by atoms with van der Waals surface area (Å²) >= 11 is 0. The second-order valence-electron chi connectivity index (χ2n) is 6.25. The fourth-order valence-corrected chi connectivity index (χ4v) is 2.88. The molecule has 1 N–H and O–H groups in total. The Morgan fingerprint density at radius 3 is 2.96 bits per heavy atom. The molecule has 0 bridgehead atoms. The molecule has 1 aromatic carbocycles. The van der Waals surface area contributed by atoms with E-state index in [0.29, 0.717) is 11.5 Å². The van der Waals surface area contributed by atoms with Gasteiger partial charge in [0, 0.05) is 30.3 Å². The first-order chi connectivity index (χ1) is 12.1. The molecule has 132 valence electrons. The number of nitrogens with one attached hydrogen (secondary N) is 1. The van der Waals surface area contributed by atoms with Crippen LogP contribution in [0.25, 0.3) is 0 Å². The Kier molecular flexibility index (Phi) is 5.26. The number of hydrogen-bond donors (Lipinski definition) is 1. The zero-order chi connectivity index (χ0) is 17.8. The van der Waals surface area contributed by atoms with Crippen LogP contribution in [-0.2, 0) is 11.3 Å². The van der Waals surface area contributed by atoms with Crippen molar-refractivity contribution in [3.8, 4) is 11.6 Å². The fraction of sp³-hybridized carbons (Fsp3) is 0.368. The monoisotopic (exact) mass is 346 g/mol. The van der Waals surface area contributed by atoms with Crippen LogP contribution in [0.5, 0.6) is 11.6 Å². The van der Waals surface area contributed by atoms with Gasteiger partial charge in [0.05, 0.1) is 0 Å². The summed E-state index contributed by atoms with van der Waals surface area (Å²) in [5.74, 6) is -0.794. The molecule has 1 heterocycles. The van der Waals surface area contributed by atoms with Crippen molar-refractivity contribution < 1.29 is 18.3 Å². The largest absolute Gasteiger partial charge is 0.436 e. The third-order valence-electron chi connectivity index (χ3n) is 4.32. The standard InChI is InChI=1S/C19H20F2N2O2/c1-2-4-12-9-15(12)18(24)23-11-13-5-3-8-22-19(13)25-17-7-6-14(20)10-16(17)21/h3,5-8,10,12,15H,2,4,9,11H2,1H3,(H,23,24)/t12-,15+/m0/s1. The van der Waals surface area contributed by atoms with E-state index in [0.717, 1.165) is 31.4 Å². The Hall–Kier alpha value is -2.50. The highest BCUT2D eigenvalue weighted by Crippen LogP contribution is 2.42. The number of pyridine rings is 1. The molecule has 1 aromatic heterocycles. The Bertz CT molecular complexity index is 767. The molecule has 25 heavy (non-hydrogen) atoms. The number of ether oxygens (including phenoxy) is 1. The molecule has 0 spiro atoms.